The Balaban J connectivity index is 2.74. The van der Waals surface area contributed by atoms with Gasteiger partial charge in [-0.2, -0.15) is 0 Å². The molecule has 2 aromatic rings. The van der Waals surface area contributed by atoms with E-state index >= 15 is 0 Å². The summed E-state index contributed by atoms with van der Waals surface area (Å²) in [5.41, 5.74) is 0.859. The Bertz CT molecular complexity index is 509. The van der Waals surface area contributed by atoms with Gasteiger partial charge in [-0.1, -0.05) is 17.7 Å². The number of pyridine rings is 1. The van der Waals surface area contributed by atoms with Crippen LogP contribution in [-0.2, 0) is 0 Å². The maximum absolute atomic E-state index is 6.09. The summed E-state index contributed by atoms with van der Waals surface area (Å²) in [7, 11) is 3.52. The molecule has 0 aliphatic rings. The lowest BCUT2D eigenvalue weighted by atomic mass is 10.3. The zero-order valence-corrected chi connectivity index (χ0v) is 10.2. The Morgan fingerprint density at radius 3 is 2.88 bits per heavy atom. The van der Waals surface area contributed by atoms with Crippen molar-refractivity contribution in [2.45, 2.75) is 13.0 Å². The molecule has 0 radical (unpaired) electrons. The Hall–Kier alpha value is -1.26. The van der Waals surface area contributed by atoms with Crippen molar-refractivity contribution in [3.05, 3.63) is 29.2 Å². The average Bonchev–Trinajstić information content (AvgIpc) is 2.66. The summed E-state index contributed by atoms with van der Waals surface area (Å²) >= 11 is 6.09. The van der Waals surface area contributed by atoms with Crippen molar-refractivity contribution in [3.8, 4) is 5.88 Å². The predicted octanol–water partition coefficient (Wildman–Crippen LogP) is 2.28. The van der Waals surface area contributed by atoms with E-state index in [9.17, 15) is 0 Å². The topological polar surface area (TPSA) is 38.6 Å². The molecule has 2 aromatic heterocycles. The largest absolute Gasteiger partial charge is 0.482 e. The molecule has 1 unspecified atom stereocenters. The number of nitrogens with one attached hydrogen (secondary N) is 1. The highest BCUT2D eigenvalue weighted by molar-refractivity contribution is 6.32. The summed E-state index contributed by atoms with van der Waals surface area (Å²) in [5.74, 6) is 1.58. The molecule has 0 aliphatic heterocycles. The molecule has 0 aliphatic carbocycles. The van der Waals surface area contributed by atoms with Crippen LogP contribution in [0.1, 0.15) is 18.8 Å². The molecule has 86 valence electrons. The van der Waals surface area contributed by atoms with E-state index in [1.54, 1.807) is 7.11 Å². The van der Waals surface area contributed by atoms with Crippen LogP contribution >= 0.6 is 11.6 Å². The highest BCUT2D eigenvalue weighted by Gasteiger charge is 2.16. The van der Waals surface area contributed by atoms with Gasteiger partial charge in [0.15, 0.2) is 11.0 Å². The fourth-order valence-electron chi connectivity index (χ4n) is 1.67. The lowest BCUT2D eigenvalue weighted by Gasteiger charge is -2.11. The first-order chi connectivity index (χ1) is 7.69. The van der Waals surface area contributed by atoms with Crippen molar-refractivity contribution >= 4 is 17.1 Å². The Labute approximate surface area is 99.2 Å². The van der Waals surface area contributed by atoms with Gasteiger partial charge in [0.2, 0.25) is 0 Å². The highest BCUT2D eigenvalue weighted by atomic mass is 35.5. The quantitative estimate of drug-likeness (QED) is 0.893. The second-order valence-corrected chi connectivity index (χ2v) is 3.92. The van der Waals surface area contributed by atoms with Gasteiger partial charge in [-0.3, -0.25) is 4.40 Å². The number of nitrogens with zero attached hydrogens (tertiary/aromatic N) is 2. The number of aromatic nitrogens is 2. The average molecular weight is 240 g/mol. The molecule has 0 saturated carbocycles. The van der Waals surface area contributed by atoms with Crippen molar-refractivity contribution in [2.75, 3.05) is 14.2 Å². The van der Waals surface area contributed by atoms with E-state index in [1.807, 2.05) is 36.6 Å². The van der Waals surface area contributed by atoms with Gasteiger partial charge in [-0.05, 0) is 26.1 Å². The van der Waals surface area contributed by atoms with Crippen LogP contribution in [0, 0.1) is 0 Å². The molecule has 0 saturated heterocycles. The summed E-state index contributed by atoms with van der Waals surface area (Å²) < 4.78 is 7.23. The summed E-state index contributed by atoms with van der Waals surface area (Å²) in [4.78, 5) is 4.36. The smallest absolute Gasteiger partial charge is 0.199 e. The van der Waals surface area contributed by atoms with E-state index in [2.05, 4.69) is 10.3 Å². The van der Waals surface area contributed by atoms with E-state index in [1.165, 1.54) is 0 Å². The number of hydrogen-bond acceptors (Lipinski definition) is 3. The molecule has 2 heterocycles. The van der Waals surface area contributed by atoms with E-state index in [0.29, 0.717) is 5.15 Å². The van der Waals surface area contributed by atoms with Crippen molar-refractivity contribution in [1.29, 1.82) is 0 Å². The third-order valence-corrected chi connectivity index (χ3v) is 2.91. The summed E-state index contributed by atoms with van der Waals surface area (Å²) in [6.07, 6.45) is 0. The predicted molar refractivity (Wildman–Crippen MR) is 64.2 cm³/mol. The molecule has 5 heteroatoms. The molecule has 0 fully saturated rings. The minimum Gasteiger partial charge on any atom is -0.482 e. The van der Waals surface area contributed by atoms with Crippen LogP contribution in [0.2, 0.25) is 5.15 Å². The number of rotatable bonds is 3. The molecule has 1 atom stereocenters. The molecule has 0 aromatic carbocycles. The van der Waals surface area contributed by atoms with Gasteiger partial charge in [0, 0.05) is 0 Å². The first-order valence-electron chi connectivity index (χ1n) is 5.07. The standard InChI is InChI=1S/C11H14ClN3O/c1-7(13-2)11-14-10(12)8-5-4-6-9(16-3)15(8)11/h4-7,13H,1-3H3. The first kappa shape index (κ1) is 11.2. The monoisotopic (exact) mass is 239 g/mol. The lowest BCUT2D eigenvalue weighted by molar-refractivity contribution is 0.387. The van der Waals surface area contributed by atoms with Crippen LogP contribution in [0.5, 0.6) is 5.88 Å². The third-order valence-electron chi connectivity index (χ3n) is 2.64. The molecule has 0 bridgehead atoms. The van der Waals surface area contributed by atoms with Gasteiger partial charge in [0.1, 0.15) is 5.82 Å². The summed E-state index contributed by atoms with van der Waals surface area (Å²) in [5, 5.41) is 3.64. The molecule has 2 rings (SSSR count). The number of halogens is 1. The van der Waals surface area contributed by atoms with Gasteiger partial charge in [0.05, 0.1) is 18.7 Å². The maximum atomic E-state index is 6.09. The summed E-state index contributed by atoms with van der Waals surface area (Å²) in [6, 6.07) is 5.81. The number of hydrogen-bond donors (Lipinski definition) is 1. The van der Waals surface area contributed by atoms with Crippen molar-refractivity contribution in [1.82, 2.24) is 14.7 Å². The number of fused-ring (bicyclic) bond motifs is 1. The second-order valence-electron chi connectivity index (χ2n) is 3.56. The third kappa shape index (κ3) is 1.64. The maximum Gasteiger partial charge on any atom is 0.199 e. The minimum atomic E-state index is 0.108. The van der Waals surface area contributed by atoms with Crippen LogP contribution in [-0.4, -0.2) is 23.5 Å². The van der Waals surface area contributed by atoms with Crippen LogP contribution < -0.4 is 10.1 Å². The minimum absolute atomic E-state index is 0.108. The molecule has 0 spiro atoms. The zero-order chi connectivity index (χ0) is 11.7. The van der Waals surface area contributed by atoms with Crippen LogP contribution in [0.4, 0.5) is 0 Å². The van der Waals surface area contributed by atoms with Crippen molar-refractivity contribution in [3.63, 3.8) is 0 Å². The zero-order valence-electron chi connectivity index (χ0n) is 9.49. The second kappa shape index (κ2) is 4.31. The highest BCUT2D eigenvalue weighted by Crippen LogP contribution is 2.26. The Morgan fingerprint density at radius 1 is 1.50 bits per heavy atom. The van der Waals surface area contributed by atoms with E-state index in [-0.39, 0.29) is 6.04 Å². The molecular formula is C11H14ClN3O. The SMILES string of the molecule is CNC(C)c1nc(Cl)c2cccc(OC)n12. The normalized spacial score (nSPS) is 13.0. The van der Waals surface area contributed by atoms with Crippen molar-refractivity contribution in [2.24, 2.45) is 0 Å². The van der Waals surface area contributed by atoms with Crippen LogP contribution in [0.15, 0.2) is 18.2 Å². The first-order valence-corrected chi connectivity index (χ1v) is 5.45. The fourth-order valence-corrected chi connectivity index (χ4v) is 1.91. The van der Waals surface area contributed by atoms with Crippen LogP contribution in [0.3, 0.4) is 0 Å². The Morgan fingerprint density at radius 2 is 2.25 bits per heavy atom. The Kier molecular flexibility index (Phi) is 3.03. The summed E-state index contributed by atoms with van der Waals surface area (Å²) in [6.45, 7) is 2.03. The van der Waals surface area contributed by atoms with Crippen molar-refractivity contribution < 1.29 is 4.74 Å². The molecule has 16 heavy (non-hydrogen) atoms. The van der Waals surface area contributed by atoms with E-state index in [4.69, 9.17) is 16.3 Å². The number of ether oxygens (including phenoxy) is 1. The van der Waals surface area contributed by atoms with Crippen LogP contribution in [0.25, 0.3) is 5.52 Å². The number of imidazole rings is 1. The van der Waals surface area contributed by atoms with Gasteiger partial charge < -0.3 is 10.1 Å². The van der Waals surface area contributed by atoms with Gasteiger partial charge >= 0.3 is 0 Å². The van der Waals surface area contributed by atoms with E-state index < -0.39 is 0 Å². The number of methoxy groups -OCH3 is 1. The molecule has 0 amide bonds. The van der Waals surface area contributed by atoms with Gasteiger partial charge in [0.25, 0.3) is 0 Å². The lowest BCUT2D eigenvalue weighted by Crippen LogP contribution is -2.16. The molecule has 1 N–H and O–H groups in total. The fraction of sp³-hybridized carbons (Fsp3) is 0.364. The van der Waals surface area contributed by atoms with E-state index in [0.717, 1.165) is 17.2 Å². The van der Waals surface area contributed by atoms with Gasteiger partial charge in [-0.15, -0.1) is 0 Å². The molecule has 4 nitrogen and oxygen atoms in total. The van der Waals surface area contributed by atoms with Gasteiger partial charge in [-0.25, -0.2) is 4.98 Å². The molecular weight excluding hydrogens is 226 g/mol.